The predicted molar refractivity (Wildman–Crippen MR) is 68.9 cm³/mol. The second kappa shape index (κ2) is 5.81. The molecule has 1 aromatic rings. The number of aliphatic hydroxyl groups is 1. The molecule has 0 aliphatic heterocycles. The largest absolute Gasteiger partial charge is 0.393 e. The van der Waals surface area contributed by atoms with E-state index in [4.69, 9.17) is 0 Å². The van der Waals surface area contributed by atoms with Gasteiger partial charge in [0.1, 0.15) is 5.69 Å². The number of nitrogens with zero attached hydrogens (tertiary/aromatic N) is 4. The zero-order valence-electron chi connectivity index (χ0n) is 11.3. The van der Waals surface area contributed by atoms with Crippen LogP contribution in [0, 0.1) is 17.0 Å². The zero-order valence-corrected chi connectivity index (χ0v) is 11.3. The summed E-state index contributed by atoms with van der Waals surface area (Å²) in [5, 5.41) is 24.5. The standard InChI is InChI=1S/C11H20N4O3/c1-5-14-11(13(4)7-6-8(2)16)10(15(17)18)9(3)12-14/h8,16H,5-7H2,1-4H3. The number of hydrogen-bond acceptors (Lipinski definition) is 5. The molecule has 1 unspecified atom stereocenters. The van der Waals surface area contributed by atoms with Gasteiger partial charge in [-0.1, -0.05) is 0 Å². The third-order valence-corrected chi connectivity index (χ3v) is 2.80. The molecule has 0 bridgehead atoms. The molecule has 7 nitrogen and oxygen atoms in total. The Balaban J connectivity index is 3.08. The Bertz CT molecular complexity index is 428. The predicted octanol–water partition coefficient (Wildman–Crippen LogP) is 1.33. The Morgan fingerprint density at radius 2 is 2.22 bits per heavy atom. The highest BCUT2D eigenvalue weighted by atomic mass is 16.6. The molecule has 1 atom stereocenters. The van der Waals surface area contributed by atoms with Crippen molar-refractivity contribution in [2.75, 3.05) is 18.5 Å². The van der Waals surface area contributed by atoms with E-state index in [1.165, 1.54) is 0 Å². The van der Waals surface area contributed by atoms with Crippen molar-refractivity contribution in [3.8, 4) is 0 Å². The van der Waals surface area contributed by atoms with Crippen LogP contribution in [0.2, 0.25) is 0 Å². The van der Waals surface area contributed by atoms with E-state index >= 15 is 0 Å². The number of aromatic nitrogens is 2. The van der Waals surface area contributed by atoms with Crippen LogP contribution in [-0.2, 0) is 6.54 Å². The molecule has 1 rings (SSSR count). The molecule has 1 N–H and O–H groups in total. The highest BCUT2D eigenvalue weighted by Crippen LogP contribution is 2.30. The van der Waals surface area contributed by atoms with Crippen LogP contribution >= 0.6 is 0 Å². The lowest BCUT2D eigenvalue weighted by Crippen LogP contribution is -2.25. The summed E-state index contributed by atoms with van der Waals surface area (Å²) in [4.78, 5) is 12.5. The van der Waals surface area contributed by atoms with Crippen LogP contribution in [0.1, 0.15) is 26.0 Å². The molecule has 1 heterocycles. The highest BCUT2D eigenvalue weighted by molar-refractivity contribution is 5.60. The molecule has 0 amide bonds. The van der Waals surface area contributed by atoms with Gasteiger partial charge in [0.15, 0.2) is 0 Å². The maximum Gasteiger partial charge on any atom is 0.333 e. The van der Waals surface area contributed by atoms with Gasteiger partial charge in [0.25, 0.3) is 0 Å². The van der Waals surface area contributed by atoms with E-state index in [2.05, 4.69) is 5.10 Å². The third-order valence-electron chi connectivity index (χ3n) is 2.80. The van der Waals surface area contributed by atoms with Crippen molar-refractivity contribution < 1.29 is 10.0 Å². The van der Waals surface area contributed by atoms with Gasteiger partial charge in [0.05, 0.1) is 11.0 Å². The fourth-order valence-corrected chi connectivity index (χ4v) is 1.86. The summed E-state index contributed by atoms with van der Waals surface area (Å²) in [6, 6.07) is 0. The van der Waals surface area contributed by atoms with Crippen molar-refractivity contribution in [3.63, 3.8) is 0 Å². The van der Waals surface area contributed by atoms with E-state index in [9.17, 15) is 15.2 Å². The summed E-state index contributed by atoms with van der Waals surface area (Å²) in [7, 11) is 1.78. The number of anilines is 1. The van der Waals surface area contributed by atoms with E-state index in [-0.39, 0.29) is 5.69 Å². The fraction of sp³-hybridized carbons (Fsp3) is 0.727. The first-order valence-electron chi connectivity index (χ1n) is 5.99. The molecule has 0 aliphatic carbocycles. The molecule has 0 spiro atoms. The second-order valence-corrected chi connectivity index (χ2v) is 4.39. The Morgan fingerprint density at radius 1 is 1.61 bits per heavy atom. The summed E-state index contributed by atoms with van der Waals surface area (Å²) in [5.41, 5.74) is 0.464. The fourth-order valence-electron chi connectivity index (χ4n) is 1.86. The Hall–Kier alpha value is -1.63. The van der Waals surface area contributed by atoms with E-state index in [1.54, 1.807) is 30.5 Å². The van der Waals surface area contributed by atoms with E-state index in [0.29, 0.717) is 31.0 Å². The Labute approximate surface area is 106 Å². The van der Waals surface area contributed by atoms with Gasteiger partial charge in [-0.15, -0.1) is 0 Å². The van der Waals surface area contributed by atoms with Crippen molar-refractivity contribution in [3.05, 3.63) is 15.8 Å². The van der Waals surface area contributed by atoms with E-state index in [1.807, 2.05) is 6.92 Å². The van der Waals surface area contributed by atoms with Crippen LogP contribution in [0.4, 0.5) is 11.5 Å². The third kappa shape index (κ3) is 2.98. The van der Waals surface area contributed by atoms with Gasteiger partial charge >= 0.3 is 5.69 Å². The molecule has 18 heavy (non-hydrogen) atoms. The van der Waals surface area contributed by atoms with Crippen LogP contribution in [0.5, 0.6) is 0 Å². The lowest BCUT2D eigenvalue weighted by Gasteiger charge is -2.19. The van der Waals surface area contributed by atoms with Crippen LogP contribution in [0.15, 0.2) is 0 Å². The maximum atomic E-state index is 11.1. The van der Waals surface area contributed by atoms with Crippen LogP contribution in [-0.4, -0.2) is 39.5 Å². The van der Waals surface area contributed by atoms with Crippen molar-refractivity contribution in [1.82, 2.24) is 9.78 Å². The van der Waals surface area contributed by atoms with Gasteiger partial charge < -0.3 is 10.0 Å². The van der Waals surface area contributed by atoms with Gasteiger partial charge in [-0.05, 0) is 27.2 Å². The Morgan fingerprint density at radius 3 is 2.67 bits per heavy atom. The first-order chi connectivity index (χ1) is 8.38. The number of nitro groups is 1. The lowest BCUT2D eigenvalue weighted by atomic mass is 10.2. The molecule has 0 saturated heterocycles. The summed E-state index contributed by atoms with van der Waals surface area (Å²) < 4.78 is 1.62. The van der Waals surface area contributed by atoms with Crippen LogP contribution in [0.25, 0.3) is 0 Å². The quantitative estimate of drug-likeness (QED) is 0.613. The zero-order chi connectivity index (χ0) is 13.9. The Kier molecular flexibility index (Phi) is 4.66. The van der Waals surface area contributed by atoms with Crippen molar-refractivity contribution in [2.45, 2.75) is 39.8 Å². The number of rotatable bonds is 6. The average molecular weight is 256 g/mol. The van der Waals surface area contributed by atoms with Crippen molar-refractivity contribution in [2.24, 2.45) is 0 Å². The molecule has 0 fully saturated rings. The van der Waals surface area contributed by atoms with E-state index in [0.717, 1.165) is 0 Å². The lowest BCUT2D eigenvalue weighted by molar-refractivity contribution is -0.384. The monoisotopic (exact) mass is 256 g/mol. The normalized spacial score (nSPS) is 12.5. The minimum absolute atomic E-state index is 0.0462. The van der Waals surface area contributed by atoms with E-state index < -0.39 is 11.0 Å². The number of hydrogen-bond donors (Lipinski definition) is 1. The number of aliphatic hydroxyl groups excluding tert-OH is 1. The average Bonchev–Trinajstić information content (AvgIpc) is 2.62. The molecular weight excluding hydrogens is 236 g/mol. The molecule has 0 aliphatic rings. The molecule has 7 heteroatoms. The molecule has 1 aromatic heterocycles. The molecule has 0 radical (unpaired) electrons. The van der Waals surface area contributed by atoms with Gasteiger partial charge in [-0.25, -0.2) is 4.68 Å². The minimum Gasteiger partial charge on any atom is -0.393 e. The molecule has 0 saturated carbocycles. The smallest absolute Gasteiger partial charge is 0.333 e. The van der Waals surface area contributed by atoms with Gasteiger partial charge in [0, 0.05) is 20.1 Å². The summed E-state index contributed by atoms with van der Waals surface area (Å²) in [6.07, 6.45) is 0.132. The molecular formula is C11H20N4O3. The maximum absolute atomic E-state index is 11.1. The SMILES string of the molecule is CCn1nc(C)c([N+](=O)[O-])c1N(C)CCC(C)O. The second-order valence-electron chi connectivity index (χ2n) is 4.39. The van der Waals surface area contributed by atoms with Crippen LogP contribution < -0.4 is 4.90 Å². The first kappa shape index (κ1) is 14.4. The van der Waals surface area contributed by atoms with Crippen LogP contribution in [0.3, 0.4) is 0 Å². The topological polar surface area (TPSA) is 84.4 Å². The van der Waals surface area contributed by atoms with Gasteiger partial charge in [-0.3, -0.25) is 10.1 Å². The molecule has 102 valence electrons. The van der Waals surface area contributed by atoms with Crippen molar-refractivity contribution in [1.29, 1.82) is 0 Å². The highest BCUT2D eigenvalue weighted by Gasteiger charge is 2.27. The first-order valence-corrected chi connectivity index (χ1v) is 5.99. The van der Waals surface area contributed by atoms with Crippen molar-refractivity contribution >= 4 is 11.5 Å². The number of aryl methyl sites for hydroxylation is 2. The minimum atomic E-state index is -0.425. The van der Waals surface area contributed by atoms with Gasteiger partial charge in [0.2, 0.25) is 5.82 Å². The summed E-state index contributed by atoms with van der Waals surface area (Å²) >= 11 is 0. The molecule has 0 aromatic carbocycles. The summed E-state index contributed by atoms with van der Waals surface area (Å²) in [5.74, 6) is 0.501. The summed E-state index contributed by atoms with van der Waals surface area (Å²) in [6.45, 7) is 6.34. The van der Waals surface area contributed by atoms with Gasteiger partial charge in [-0.2, -0.15) is 5.10 Å².